The van der Waals surface area contributed by atoms with E-state index in [1.165, 1.54) is 30.7 Å². The van der Waals surface area contributed by atoms with Gasteiger partial charge in [-0.3, -0.25) is 4.79 Å². The molecule has 5 rings (SSSR count). The van der Waals surface area contributed by atoms with Crippen LogP contribution in [-0.2, 0) is 24.2 Å². The van der Waals surface area contributed by atoms with Crippen molar-refractivity contribution in [2.45, 2.75) is 94.2 Å². The molecule has 34 heavy (non-hydrogen) atoms. The SMILES string of the molecule is CO/N=C/C1C(=O)CC(C2CCCCC(OC3C4=C5CCC(=C3CC4)C5S(C)(=O)=O)C2)CC1O. The van der Waals surface area contributed by atoms with Crippen LogP contribution in [0.15, 0.2) is 27.4 Å². The largest absolute Gasteiger partial charge is 0.399 e. The zero-order valence-corrected chi connectivity index (χ0v) is 21.1. The van der Waals surface area contributed by atoms with Gasteiger partial charge in [0, 0.05) is 12.7 Å². The molecule has 5 atom stereocenters. The molecule has 0 aliphatic heterocycles. The summed E-state index contributed by atoms with van der Waals surface area (Å²) in [7, 11) is -1.70. The Morgan fingerprint density at radius 2 is 1.62 bits per heavy atom. The van der Waals surface area contributed by atoms with E-state index in [1.54, 1.807) is 0 Å². The topological polar surface area (TPSA) is 102 Å². The van der Waals surface area contributed by atoms with Gasteiger partial charge in [0.1, 0.15) is 24.2 Å². The first-order valence-corrected chi connectivity index (χ1v) is 14.8. The van der Waals surface area contributed by atoms with Crippen LogP contribution in [0.1, 0.15) is 70.6 Å². The molecule has 0 saturated heterocycles. The minimum Gasteiger partial charge on any atom is -0.399 e. The lowest BCUT2D eigenvalue weighted by atomic mass is 9.71. The van der Waals surface area contributed by atoms with Gasteiger partial charge >= 0.3 is 0 Å². The minimum absolute atomic E-state index is 0.0394. The van der Waals surface area contributed by atoms with Crippen molar-refractivity contribution in [3.63, 3.8) is 0 Å². The number of hydrogen-bond acceptors (Lipinski definition) is 7. The molecule has 188 valence electrons. The summed E-state index contributed by atoms with van der Waals surface area (Å²) in [4.78, 5) is 17.4. The second-order valence-electron chi connectivity index (χ2n) is 10.9. The van der Waals surface area contributed by atoms with Crippen LogP contribution in [-0.4, -0.2) is 62.4 Å². The Morgan fingerprint density at radius 3 is 2.24 bits per heavy atom. The van der Waals surface area contributed by atoms with Crippen molar-refractivity contribution in [1.29, 1.82) is 0 Å². The van der Waals surface area contributed by atoms with Crippen molar-refractivity contribution in [2.75, 3.05) is 13.4 Å². The van der Waals surface area contributed by atoms with E-state index in [4.69, 9.17) is 9.57 Å². The number of nitrogens with zero attached hydrogens (tertiary/aromatic N) is 1. The third-order valence-electron chi connectivity index (χ3n) is 8.88. The van der Waals surface area contributed by atoms with E-state index in [2.05, 4.69) is 5.16 Å². The molecular formula is C26H37NO6S. The third kappa shape index (κ3) is 4.42. The minimum atomic E-state index is -3.14. The van der Waals surface area contributed by atoms with Crippen LogP contribution in [0, 0.1) is 17.8 Å². The fourth-order valence-corrected chi connectivity index (χ4v) is 8.97. The van der Waals surface area contributed by atoms with Gasteiger partial charge in [-0.25, -0.2) is 8.42 Å². The number of aliphatic hydroxyl groups is 1. The molecule has 4 fully saturated rings. The van der Waals surface area contributed by atoms with Gasteiger partial charge in [0.15, 0.2) is 9.84 Å². The van der Waals surface area contributed by atoms with E-state index in [0.717, 1.165) is 68.9 Å². The summed E-state index contributed by atoms with van der Waals surface area (Å²) in [5.74, 6) is -0.0221. The van der Waals surface area contributed by atoms with Crippen molar-refractivity contribution < 1.29 is 27.9 Å². The maximum absolute atomic E-state index is 12.7. The number of carbonyl (C=O) groups excluding carboxylic acids is 1. The molecule has 5 aliphatic carbocycles. The average Bonchev–Trinajstić information content (AvgIpc) is 3.19. The summed E-state index contributed by atoms with van der Waals surface area (Å²) in [6.45, 7) is 0. The molecule has 4 saturated carbocycles. The Morgan fingerprint density at radius 1 is 0.971 bits per heavy atom. The van der Waals surface area contributed by atoms with Crippen LogP contribution in [0.2, 0.25) is 0 Å². The Balaban J connectivity index is 1.29. The van der Waals surface area contributed by atoms with E-state index >= 15 is 0 Å². The van der Waals surface area contributed by atoms with Crippen molar-refractivity contribution in [2.24, 2.45) is 22.9 Å². The molecule has 0 spiro atoms. The number of aliphatic hydroxyl groups excluding tert-OH is 1. The van der Waals surface area contributed by atoms with Crippen LogP contribution < -0.4 is 0 Å². The monoisotopic (exact) mass is 491 g/mol. The second kappa shape index (κ2) is 9.51. The number of carbonyl (C=O) groups is 1. The number of hydrogen-bond donors (Lipinski definition) is 1. The van der Waals surface area contributed by atoms with Crippen LogP contribution in [0.5, 0.6) is 0 Å². The van der Waals surface area contributed by atoms with E-state index < -0.39 is 27.1 Å². The summed E-state index contributed by atoms with van der Waals surface area (Å²) in [5, 5.41) is 14.0. The summed E-state index contributed by atoms with van der Waals surface area (Å²) in [6.07, 6.45) is 12.0. The van der Waals surface area contributed by atoms with Crippen molar-refractivity contribution in [3.05, 3.63) is 22.3 Å². The first-order valence-electron chi connectivity index (χ1n) is 12.8. The standard InChI is InChI=1S/C26H37NO6S/c1-32-27-14-22-23(28)12-16(13-24(22)29)15-5-3-4-6-17(11-15)33-25-18-7-8-19(25)21-10-9-20(18)26(21)34(2,30)31/h14-17,22-23,25-26,28H,3-13H2,1-2H3/b27-14+. The molecule has 7 nitrogen and oxygen atoms in total. The molecule has 0 amide bonds. The van der Waals surface area contributed by atoms with Crippen LogP contribution in [0.3, 0.4) is 0 Å². The van der Waals surface area contributed by atoms with E-state index in [-0.39, 0.29) is 23.9 Å². The summed E-state index contributed by atoms with van der Waals surface area (Å²) in [6, 6.07) is 0. The van der Waals surface area contributed by atoms with Crippen molar-refractivity contribution >= 4 is 21.8 Å². The number of sulfone groups is 1. The lowest BCUT2D eigenvalue weighted by Gasteiger charge is -2.36. The summed E-state index contributed by atoms with van der Waals surface area (Å²) >= 11 is 0. The Hall–Kier alpha value is -1.51. The number of fused-ring (bicyclic) bond motifs is 4. The first-order chi connectivity index (χ1) is 16.3. The summed E-state index contributed by atoms with van der Waals surface area (Å²) in [5.41, 5.74) is 4.68. The van der Waals surface area contributed by atoms with Crippen molar-refractivity contribution in [3.8, 4) is 0 Å². The van der Waals surface area contributed by atoms with Crippen LogP contribution in [0.4, 0.5) is 0 Å². The number of rotatable bonds is 6. The molecule has 0 aromatic rings. The fourth-order valence-electron chi connectivity index (χ4n) is 7.39. The number of oxime groups is 1. The maximum Gasteiger partial charge on any atom is 0.157 e. The van der Waals surface area contributed by atoms with E-state index in [1.807, 2.05) is 0 Å². The lowest BCUT2D eigenvalue weighted by Crippen LogP contribution is -2.40. The molecule has 0 aromatic carbocycles. The Kier molecular flexibility index (Phi) is 6.77. The van der Waals surface area contributed by atoms with E-state index in [9.17, 15) is 18.3 Å². The maximum atomic E-state index is 12.7. The molecule has 4 bridgehead atoms. The Labute approximate surface area is 202 Å². The smallest absolute Gasteiger partial charge is 0.157 e. The number of ketones is 1. The second-order valence-corrected chi connectivity index (χ2v) is 13.1. The predicted octanol–water partition coefficient (Wildman–Crippen LogP) is 3.52. The molecule has 1 N–H and O–H groups in total. The van der Waals surface area contributed by atoms with Gasteiger partial charge in [0.2, 0.25) is 0 Å². The van der Waals surface area contributed by atoms with Crippen LogP contribution >= 0.6 is 0 Å². The molecule has 0 heterocycles. The molecule has 5 aliphatic rings. The van der Waals surface area contributed by atoms with E-state index in [0.29, 0.717) is 18.8 Å². The number of Topliss-reactive ketones (excluding diaryl/α,β-unsaturated/α-hetero) is 1. The zero-order valence-electron chi connectivity index (χ0n) is 20.2. The molecular weight excluding hydrogens is 454 g/mol. The fraction of sp³-hybridized carbons (Fsp3) is 0.769. The van der Waals surface area contributed by atoms with Crippen LogP contribution in [0.25, 0.3) is 0 Å². The number of ether oxygens (including phenoxy) is 1. The third-order valence-corrected chi connectivity index (χ3v) is 10.3. The predicted molar refractivity (Wildman–Crippen MR) is 129 cm³/mol. The average molecular weight is 492 g/mol. The molecule has 0 radical (unpaired) electrons. The van der Waals surface area contributed by atoms with Gasteiger partial charge < -0.3 is 14.7 Å². The van der Waals surface area contributed by atoms with Gasteiger partial charge in [-0.1, -0.05) is 24.4 Å². The normalized spacial score (nSPS) is 38.7. The molecule has 5 unspecified atom stereocenters. The first kappa shape index (κ1) is 24.2. The van der Waals surface area contributed by atoms with Crippen molar-refractivity contribution in [1.82, 2.24) is 0 Å². The molecule has 0 aromatic heterocycles. The van der Waals surface area contributed by atoms with Gasteiger partial charge in [0.25, 0.3) is 0 Å². The highest BCUT2D eigenvalue weighted by molar-refractivity contribution is 7.91. The van der Waals surface area contributed by atoms with Gasteiger partial charge in [-0.2, -0.15) is 0 Å². The lowest BCUT2D eigenvalue weighted by molar-refractivity contribution is -0.129. The highest BCUT2D eigenvalue weighted by Gasteiger charge is 2.48. The highest BCUT2D eigenvalue weighted by atomic mass is 32.2. The molecule has 8 heteroatoms. The van der Waals surface area contributed by atoms with Gasteiger partial charge in [-0.05, 0) is 79.1 Å². The summed E-state index contributed by atoms with van der Waals surface area (Å²) < 4.78 is 31.8. The Bertz CT molecular complexity index is 998. The highest BCUT2D eigenvalue weighted by Crippen LogP contribution is 2.53. The van der Waals surface area contributed by atoms with Gasteiger partial charge in [-0.15, -0.1) is 0 Å². The quantitative estimate of drug-likeness (QED) is 0.264. The van der Waals surface area contributed by atoms with Gasteiger partial charge in [0.05, 0.1) is 24.3 Å². The zero-order chi connectivity index (χ0) is 24.0.